The van der Waals surface area contributed by atoms with Crippen molar-refractivity contribution in [2.75, 3.05) is 13.7 Å². The van der Waals surface area contributed by atoms with E-state index in [0.717, 1.165) is 16.5 Å². The van der Waals surface area contributed by atoms with Crippen molar-refractivity contribution in [2.45, 2.75) is 18.9 Å². The van der Waals surface area contributed by atoms with Gasteiger partial charge in [0, 0.05) is 24.2 Å². The predicted molar refractivity (Wildman–Crippen MR) is 65.4 cm³/mol. The molecule has 1 atom stereocenters. The number of hydrazine groups is 1. The van der Waals surface area contributed by atoms with Crippen LogP contribution in [0.5, 0.6) is 0 Å². The molecule has 0 aliphatic heterocycles. The number of methoxy groups -OCH3 is 1. The number of hydrogen-bond acceptors (Lipinski definition) is 3. The lowest BCUT2D eigenvalue weighted by Gasteiger charge is -2.16. The maximum absolute atomic E-state index is 13.1. The molecule has 1 unspecified atom stereocenters. The van der Waals surface area contributed by atoms with Gasteiger partial charge < -0.3 is 4.74 Å². The van der Waals surface area contributed by atoms with Crippen molar-refractivity contribution in [3.8, 4) is 0 Å². The zero-order valence-corrected chi connectivity index (χ0v) is 10.8. The predicted octanol–water partition coefficient (Wildman–Crippen LogP) is 2.00. The highest BCUT2D eigenvalue weighted by atomic mass is 79.9. The second kappa shape index (κ2) is 6.96. The Morgan fingerprint density at radius 1 is 1.56 bits per heavy atom. The van der Waals surface area contributed by atoms with Crippen LogP contribution in [0, 0.1) is 5.82 Å². The molecule has 90 valence electrons. The van der Waals surface area contributed by atoms with Gasteiger partial charge in [0.15, 0.2) is 0 Å². The summed E-state index contributed by atoms with van der Waals surface area (Å²) in [5.74, 6) is 5.20. The molecule has 0 aliphatic rings. The van der Waals surface area contributed by atoms with E-state index >= 15 is 0 Å². The van der Waals surface area contributed by atoms with Crippen LogP contribution in [0.15, 0.2) is 22.7 Å². The smallest absolute Gasteiger partial charge is 0.123 e. The van der Waals surface area contributed by atoms with Crippen LogP contribution < -0.4 is 11.3 Å². The molecule has 0 fully saturated rings. The van der Waals surface area contributed by atoms with Crippen LogP contribution in [-0.4, -0.2) is 19.8 Å². The Kier molecular flexibility index (Phi) is 5.90. The minimum atomic E-state index is -0.235. The van der Waals surface area contributed by atoms with Gasteiger partial charge in [0.25, 0.3) is 0 Å². The van der Waals surface area contributed by atoms with Gasteiger partial charge in [0.1, 0.15) is 5.82 Å². The quantitative estimate of drug-likeness (QED) is 0.622. The molecular weight excluding hydrogens is 275 g/mol. The summed E-state index contributed by atoms with van der Waals surface area (Å²) in [6.45, 7) is 0.627. The van der Waals surface area contributed by atoms with Crippen molar-refractivity contribution >= 4 is 15.9 Å². The summed E-state index contributed by atoms with van der Waals surface area (Å²) in [5, 5.41) is 0. The molecule has 0 spiro atoms. The van der Waals surface area contributed by atoms with Crippen molar-refractivity contribution in [1.29, 1.82) is 0 Å². The SMILES string of the molecule is COCCC(Cc1cc(F)ccc1Br)NN. The van der Waals surface area contributed by atoms with Crippen molar-refractivity contribution in [2.24, 2.45) is 5.84 Å². The third-order valence-electron chi connectivity index (χ3n) is 2.38. The molecular formula is C11H16BrFN2O. The largest absolute Gasteiger partial charge is 0.385 e. The molecule has 0 amide bonds. The van der Waals surface area contributed by atoms with E-state index in [1.54, 1.807) is 13.2 Å². The minimum Gasteiger partial charge on any atom is -0.385 e. The van der Waals surface area contributed by atoms with E-state index < -0.39 is 0 Å². The van der Waals surface area contributed by atoms with Gasteiger partial charge in [-0.15, -0.1) is 0 Å². The monoisotopic (exact) mass is 290 g/mol. The molecule has 0 aliphatic carbocycles. The van der Waals surface area contributed by atoms with E-state index in [1.807, 2.05) is 0 Å². The van der Waals surface area contributed by atoms with Gasteiger partial charge in [-0.25, -0.2) is 4.39 Å². The highest BCUT2D eigenvalue weighted by Gasteiger charge is 2.10. The van der Waals surface area contributed by atoms with Crippen LogP contribution in [0.25, 0.3) is 0 Å². The molecule has 0 saturated carbocycles. The zero-order valence-electron chi connectivity index (χ0n) is 9.17. The molecule has 0 aromatic heterocycles. The molecule has 16 heavy (non-hydrogen) atoms. The second-order valence-electron chi connectivity index (χ2n) is 3.58. The van der Waals surface area contributed by atoms with Crippen LogP contribution in [0.1, 0.15) is 12.0 Å². The first-order valence-electron chi connectivity index (χ1n) is 5.06. The van der Waals surface area contributed by atoms with E-state index in [1.165, 1.54) is 12.1 Å². The van der Waals surface area contributed by atoms with Gasteiger partial charge in [0.2, 0.25) is 0 Å². The lowest BCUT2D eigenvalue weighted by Crippen LogP contribution is -2.37. The van der Waals surface area contributed by atoms with Crippen LogP contribution >= 0.6 is 15.9 Å². The Morgan fingerprint density at radius 2 is 2.31 bits per heavy atom. The topological polar surface area (TPSA) is 47.3 Å². The lowest BCUT2D eigenvalue weighted by molar-refractivity contribution is 0.182. The van der Waals surface area contributed by atoms with Crippen molar-refractivity contribution < 1.29 is 9.13 Å². The first kappa shape index (κ1) is 13.6. The maximum atomic E-state index is 13.1. The van der Waals surface area contributed by atoms with Gasteiger partial charge in [-0.05, 0) is 36.6 Å². The molecule has 5 heteroatoms. The second-order valence-corrected chi connectivity index (χ2v) is 4.44. The fourth-order valence-corrected chi connectivity index (χ4v) is 1.88. The van der Waals surface area contributed by atoms with Crippen LogP contribution in [0.2, 0.25) is 0 Å². The minimum absolute atomic E-state index is 0.0815. The summed E-state index contributed by atoms with van der Waals surface area (Å²) >= 11 is 3.39. The highest BCUT2D eigenvalue weighted by molar-refractivity contribution is 9.10. The first-order valence-corrected chi connectivity index (χ1v) is 5.85. The summed E-state index contributed by atoms with van der Waals surface area (Å²) in [4.78, 5) is 0. The summed E-state index contributed by atoms with van der Waals surface area (Å²) in [5.41, 5.74) is 3.61. The van der Waals surface area contributed by atoms with Crippen molar-refractivity contribution in [3.05, 3.63) is 34.1 Å². The molecule has 1 aromatic carbocycles. The van der Waals surface area contributed by atoms with E-state index in [4.69, 9.17) is 10.6 Å². The van der Waals surface area contributed by atoms with Gasteiger partial charge in [0.05, 0.1) is 0 Å². The molecule has 1 aromatic rings. The number of benzene rings is 1. The fraction of sp³-hybridized carbons (Fsp3) is 0.455. The number of hydrogen-bond donors (Lipinski definition) is 2. The Balaban J connectivity index is 2.65. The van der Waals surface area contributed by atoms with E-state index in [9.17, 15) is 4.39 Å². The average molecular weight is 291 g/mol. The molecule has 0 radical (unpaired) electrons. The van der Waals surface area contributed by atoms with Gasteiger partial charge in [-0.2, -0.15) is 0 Å². The number of nitrogens with one attached hydrogen (secondary N) is 1. The Morgan fingerprint density at radius 3 is 2.94 bits per heavy atom. The van der Waals surface area contributed by atoms with Gasteiger partial charge in [-0.3, -0.25) is 11.3 Å². The summed E-state index contributed by atoms with van der Waals surface area (Å²) in [6, 6.07) is 4.72. The Bertz CT molecular complexity index is 336. The van der Waals surface area contributed by atoms with E-state index in [0.29, 0.717) is 13.0 Å². The lowest BCUT2D eigenvalue weighted by atomic mass is 10.0. The average Bonchev–Trinajstić information content (AvgIpc) is 2.28. The molecule has 0 saturated heterocycles. The van der Waals surface area contributed by atoms with E-state index in [-0.39, 0.29) is 11.9 Å². The summed E-state index contributed by atoms with van der Waals surface area (Å²) < 4.78 is 18.9. The standard InChI is InChI=1S/C11H16BrFN2O/c1-16-5-4-10(15-14)7-8-6-9(13)2-3-11(8)12/h2-3,6,10,15H,4-5,7,14H2,1H3. The molecule has 1 rings (SSSR count). The van der Waals surface area contributed by atoms with Gasteiger partial charge >= 0.3 is 0 Å². The molecule has 0 heterocycles. The van der Waals surface area contributed by atoms with Crippen molar-refractivity contribution in [1.82, 2.24) is 5.43 Å². The number of halogens is 2. The summed E-state index contributed by atoms with van der Waals surface area (Å²) in [6.07, 6.45) is 1.45. The number of nitrogens with two attached hydrogens (primary N) is 1. The Hall–Kier alpha value is -0.490. The highest BCUT2D eigenvalue weighted by Crippen LogP contribution is 2.19. The molecule has 3 N–H and O–H groups in total. The van der Waals surface area contributed by atoms with E-state index in [2.05, 4.69) is 21.4 Å². The molecule has 3 nitrogen and oxygen atoms in total. The first-order chi connectivity index (χ1) is 7.67. The zero-order chi connectivity index (χ0) is 12.0. The van der Waals surface area contributed by atoms with Crippen LogP contribution in [0.4, 0.5) is 4.39 Å². The summed E-state index contributed by atoms with van der Waals surface area (Å²) in [7, 11) is 1.64. The third-order valence-corrected chi connectivity index (χ3v) is 3.15. The maximum Gasteiger partial charge on any atom is 0.123 e. The normalized spacial score (nSPS) is 12.8. The Labute approximate surface area is 103 Å². The van der Waals surface area contributed by atoms with Crippen LogP contribution in [-0.2, 0) is 11.2 Å². The van der Waals surface area contributed by atoms with Crippen LogP contribution in [0.3, 0.4) is 0 Å². The fourth-order valence-electron chi connectivity index (χ4n) is 1.47. The van der Waals surface area contributed by atoms with Crippen molar-refractivity contribution in [3.63, 3.8) is 0 Å². The molecule has 0 bridgehead atoms. The third kappa shape index (κ3) is 4.17. The number of ether oxygens (including phenoxy) is 1. The van der Waals surface area contributed by atoms with Gasteiger partial charge in [-0.1, -0.05) is 15.9 Å². The number of rotatable bonds is 6.